The number of ether oxygens (including phenoxy) is 2. The van der Waals surface area contributed by atoms with Gasteiger partial charge in [0.25, 0.3) is 5.91 Å². The zero-order chi connectivity index (χ0) is 25.1. The van der Waals surface area contributed by atoms with Crippen LogP contribution in [0.2, 0.25) is 0 Å². The Morgan fingerprint density at radius 2 is 1.59 bits per heavy atom. The first-order chi connectivity index (χ1) is 15.9. The number of nitrogens with zero attached hydrogens (tertiary/aromatic N) is 2. The average Bonchev–Trinajstić information content (AvgIpc) is 2.79. The molecule has 0 bridgehead atoms. The van der Waals surface area contributed by atoms with Crippen LogP contribution in [0.25, 0.3) is 0 Å². The molecule has 0 spiro atoms. The van der Waals surface area contributed by atoms with Gasteiger partial charge in [0.15, 0.2) is 0 Å². The first kappa shape index (κ1) is 25.9. The third kappa shape index (κ3) is 6.26. The van der Waals surface area contributed by atoms with Crippen molar-refractivity contribution in [2.24, 2.45) is 0 Å². The molecule has 1 heterocycles. The summed E-state index contributed by atoms with van der Waals surface area (Å²) in [5.74, 6) is 0.0597. The largest absolute Gasteiger partial charge is 0.457 e. The van der Waals surface area contributed by atoms with E-state index < -0.39 is 33.7 Å². The highest BCUT2D eigenvalue weighted by Gasteiger charge is 2.42. The van der Waals surface area contributed by atoms with Crippen molar-refractivity contribution in [1.82, 2.24) is 14.7 Å². The minimum atomic E-state index is -4.12. The minimum absolute atomic E-state index is 0.0219. The van der Waals surface area contributed by atoms with Crippen LogP contribution in [0.1, 0.15) is 20.8 Å². The van der Waals surface area contributed by atoms with Gasteiger partial charge >= 0.3 is 6.09 Å². The van der Waals surface area contributed by atoms with Crippen molar-refractivity contribution in [3.05, 3.63) is 53.0 Å². The van der Waals surface area contributed by atoms with E-state index in [1.807, 2.05) is 12.1 Å². The van der Waals surface area contributed by atoms with Crippen molar-refractivity contribution in [1.29, 1.82) is 0 Å². The smallest absolute Gasteiger partial charge is 0.410 e. The third-order valence-corrected chi connectivity index (χ3v) is 7.33. The first-order valence-corrected chi connectivity index (χ1v) is 12.6. The SMILES string of the molecule is CC(C)(C)OC(=O)N1CCN(S(=O)(=O)c2ccc(Oc3ccc(Br)cc3)cc2)C(C(=O)NO)C1. The van der Waals surface area contributed by atoms with Crippen LogP contribution in [0, 0.1) is 0 Å². The van der Waals surface area contributed by atoms with Crippen molar-refractivity contribution < 1.29 is 32.7 Å². The van der Waals surface area contributed by atoms with Crippen molar-refractivity contribution in [3.8, 4) is 11.5 Å². The molecule has 0 aliphatic carbocycles. The number of sulfonamides is 1. The van der Waals surface area contributed by atoms with E-state index in [9.17, 15) is 23.2 Å². The van der Waals surface area contributed by atoms with Gasteiger partial charge in [-0.1, -0.05) is 15.9 Å². The maximum Gasteiger partial charge on any atom is 0.410 e. The van der Waals surface area contributed by atoms with E-state index in [0.717, 1.165) is 8.78 Å². The number of nitrogens with one attached hydrogen (secondary N) is 1. The number of amides is 2. The Labute approximate surface area is 206 Å². The zero-order valence-electron chi connectivity index (χ0n) is 18.9. The van der Waals surface area contributed by atoms with Gasteiger partial charge in [-0.25, -0.2) is 18.7 Å². The van der Waals surface area contributed by atoms with E-state index in [2.05, 4.69) is 15.9 Å². The van der Waals surface area contributed by atoms with E-state index in [0.29, 0.717) is 11.5 Å². The van der Waals surface area contributed by atoms with Crippen LogP contribution in [0.15, 0.2) is 57.9 Å². The van der Waals surface area contributed by atoms with Crippen LogP contribution in [0.4, 0.5) is 4.79 Å². The molecule has 0 aromatic heterocycles. The van der Waals surface area contributed by atoms with Gasteiger partial charge in [-0.15, -0.1) is 0 Å². The highest BCUT2D eigenvalue weighted by Crippen LogP contribution is 2.27. The van der Waals surface area contributed by atoms with E-state index in [4.69, 9.17) is 9.47 Å². The number of carbonyl (C=O) groups is 2. The van der Waals surface area contributed by atoms with Gasteiger partial charge in [-0.3, -0.25) is 10.0 Å². The van der Waals surface area contributed by atoms with Crippen molar-refractivity contribution in [3.63, 3.8) is 0 Å². The number of piperazine rings is 1. The summed E-state index contributed by atoms with van der Waals surface area (Å²) in [6, 6.07) is 11.6. The van der Waals surface area contributed by atoms with Gasteiger partial charge in [-0.2, -0.15) is 4.31 Å². The predicted molar refractivity (Wildman–Crippen MR) is 126 cm³/mol. The number of rotatable bonds is 5. The van der Waals surface area contributed by atoms with Gasteiger partial charge in [-0.05, 0) is 69.3 Å². The summed E-state index contributed by atoms with van der Waals surface area (Å²) in [5.41, 5.74) is 0.734. The Hall–Kier alpha value is -2.67. The van der Waals surface area contributed by atoms with Crippen molar-refractivity contribution in [2.45, 2.75) is 37.3 Å². The molecule has 0 saturated carbocycles. The lowest BCUT2D eigenvalue weighted by atomic mass is 10.2. The number of hydrogen-bond donors (Lipinski definition) is 2. The summed E-state index contributed by atoms with van der Waals surface area (Å²) in [5, 5.41) is 9.17. The molecule has 1 aliphatic rings. The van der Waals surface area contributed by atoms with Crippen LogP contribution >= 0.6 is 15.9 Å². The van der Waals surface area contributed by atoms with E-state index in [1.54, 1.807) is 32.9 Å². The standard InChI is InChI=1S/C22H26BrN3O7S/c1-22(2,3)33-21(28)25-12-13-26(19(14-25)20(27)24-29)34(30,31)18-10-8-17(9-11-18)32-16-6-4-15(23)5-7-16/h4-11,19,29H,12-14H2,1-3H3,(H,24,27). The molecule has 1 aliphatic heterocycles. The first-order valence-electron chi connectivity index (χ1n) is 10.4. The Kier molecular flexibility index (Phi) is 7.86. The average molecular weight is 556 g/mol. The van der Waals surface area contributed by atoms with Crippen LogP contribution in [0.5, 0.6) is 11.5 Å². The number of benzene rings is 2. The fourth-order valence-electron chi connectivity index (χ4n) is 3.29. The molecule has 2 amide bonds. The molecule has 1 fully saturated rings. The lowest BCUT2D eigenvalue weighted by Crippen LogP contribution is -2.61. The molecule has 12 heteroatoms. The van der Waals surface area contributed by atoms with Crippen molar-refractivity contribution in [2.75, 3.05) is 19.6 Å². The minimum Gasteiger partial charge on any atom is -0.457 e. The quantitative estimate of drug-likeness (QED) is 0.428. The molecular weight excluding hydrogens is 530 g/mol. The van der Waals surface area contributed by atoms with Gasteiger partial charge in [0.1, 0.15) is 23.1 Å². The Balaban J connectivity index is 1.78. The highest BCUT2D eigenvalue weighted by molar-refractivity contribution is 9.10. The molecule has 10 nitrogen and oxygen atoms in total. The van der Waals surface area contributed by atoms with Crippen LogP contribution < -0.4 is 10.2 Å². The van der Waals surface area contributed by atoms with Crippen LogP contribution in [0.3, 0.4) is 0 Å². The predicted octanol–water partition coefficient (Wildman–Crippen LogP) is 3.36. The lowest BCUT2D eigenvalue weighted by molar-refractivity contribution is -0.134. The summed E-state index contributed by atoms with van der Waals surface area (Å²) in [7, 11) is -4.12. The number of hydroxylamine groups is 1. The molecule has 1 unspecified atom stereocenters. The van der Waals surface area contributed by atoms with Gasteiger partial charge in [0.2, 0.25) is 10.0 Å². The zero-order valence-corrected chi connectivity index (χ0v) is 21.3. The Morgan fingerprint density at radius 3 is 2.12 bits per heavy atom. The number of halogens is 1. The third-order valence-electron chi connectivity index (χ3n) is 4.88. The summed E-state index contributed by atoms with van der Waals surface area (Å²) in [4.78, 5) is 25.9. The molecule has 184 valence electrons. The molecule has 0 radical (unpaired) electrons. The number of carbonyl (C=O) groups excluding carboxylic acids is 2. The maximum atomic E-state index is 13.3. The molecule has 2 aromatic carbocycles. The molecular formula is C22H26BrN3O7S. The van der Waals surface area contributed by atoms with Crippen LogP contribution in [-0.4, -0.2) is 66.1 Å². The topological polar surface area (TPSA) is 125 Å². The fourth-order valence-corrected chi connectivity index (χ4v) is 5.12. The highest BCUT2D eigenvalue weighted by atomic mass is 79.9. The van der Waals surface area contributed by atoms with Crippen LogP contribution in [-0.2, 0) is 19.6 Å². The van der Waals surface area contributed by atoms with E-state index >= 15 is 0 Å². The molecule has 2 aromatic rings. The maximum absolute atomic E-state index is 13.3. The second kappa shape index (κ2) is 10.3. The molecule has 1 saturated heterocycles. The normalized spacial score (nSPS) is 17.2. The van der Waals surface area contributed by atoms with Gasteiger partial charge < -0.3 is 14.4 Å². The summed E-state index contributed by atoms with van der Waals surface area (Å²) >= 11 is 3.34. The van der Waals surface area contributed by atoms with E-state index in [1.165, 1.54) is 34.6 Å². The molecule has 3 rings (SSSR count). The molecule has 1 atom stereocenters. The van der Waals surface area contributed by atoms with Crippen molar-refractivity contribution >= 4 is 38.0 Å². The van der Waals surface area contributed by atoms with Gasteiger partial charge in [0, 0.05) is 24.1 Å². The van der Waals surface area contributed by atoms with E-state index in [-0.39, 0.29) is 24.5 Å². The molecule has 34 heavy (non-hydrogen) atoms. The summed E-state index contributed by atoms with van der Waals surface area (Å²) in [6.45, 7) is 4.70. The second-order valence-corrected chi connectivity index (χ2v) is 11.4. The number of hydrogen-bond acceptors (Lipinski definition) is 7. The molecule has 2 N–H and O–H groups in total. The fraction of sp³-hybridized carbons (Fsp3) is 0.364. The monoisotopic (exact) mass is 555 g/mol. The Bertz CT molecular complexity index is 1130. The Morgan fingerprint density at radius 1 is 1.03 bits per heavy atom. The summed E-state index contributed by atoms with van der Waals surface area (Å²) < 4.78 is 39.5. The summed E-state index contributed by atoms with van der Waals surface area (Å²) in [6.07, 6.45) is -0.672. The van der Waals surface area contributed by atoms with Gasteiger partial charge in [0.05, 0.1) is 4.90 Å². The lowest BCUT2D eigenvalue weighted by Gasteiger charge is -2.39. The second-order valence-electron chi connectivity index (χ2n) is 8.56.